The molecule has 5 aromatic rings. The van der Waals surface area contributed by atoms with Crippen molar-refractivity contribution >= 4 is 43.8 Å². The first-order valence-corrected chi connectivity index (χ1v) is 12.0. The second-order valence-corrected chi connectivity index (χ2v) is 8.95. The van der Waals surface area contributed by atoms with Gasteiger partial charge in [-0.15, -0.1) is 0 Å². The Labute approximate surface area is 198 Å². The van der Waals surface area contributed by atoms with Crippen LogP contribution in [-0.4, -0.2) is 56.0 Å². The monoisotopic (exact) mass is 494 g/mol. The van der Waals surface area contributed by atoms with Crippen molar-refractivity contribution in [2.45, 2.75) is 0 Å². The van der Waals surface area contributed by atoms with E-state index in [0.717, 1.165) is 39.2 Å². The topological polar surface area (TPSA) is 172 Å². The standard InChI is InChI=1S/C21H14N6O3.CH4O3S/c28-20-18-19(24-9-23-18)26-21(27-20)25-12-2-3-15-14(8-12)13(5-6-22-15)11-1-4-16-17(7-11)30-10-29-16;1-5(2,3)4/h1-9H,10H2,(H3,23,24,25,26,27,28);1H3,(H,2,3,4). The number of hydrogen-bond acceptors (Lipinski definition) is 10. The van der Waals surface area contributed by atoms with Gasteiger partial charge < -0.3 is 24.9 Å². The molecule has 1 aliphatic heterocycles. The van der Waals surface area contributed by atoms with Crippen molar-refractivity contribution in [1.82, 2.24) is 24.9 Å². The quantitative estimate of drug-likeness (QED) is 0.271. The Balaban J connectivity index is 0.000000464. The van der Waals surface area contributed by atoms with E-state index in [9.17, 15) is 13.5 Å². The van der Waals surface area contributed by atoms with Gasteiger partial charge in [0.25, 0.3) is 10.1 Å². The first-order chi connectivity index (χ1) is 16.7. The van der Waals surface area contributed by atoms with E-state index >= 15 is 0 Å². The van der Waals surface area contributed by atoms with Crippen molar-refractivity contribution < 1.29 is 27.6 Å². The highest BCUT2D eigenvalue weighted by molar-refractivity contribution is 7.85. The molecule has 12 nitrogen and oxygen atoms in total. The number of anilines is 2. The third-order valence-electron chi connectivity index (χ3n) is 4.94. The van der Waals surface area contributed by atoms with Gasteiger partial charge in [-0.3, -0.25) is 9.54 Å². The van der Waals surface area contributed by atoms with E-state index in [4.69, 9.17) is 14.0 Å². The van der Waals surface area contributed by atoms with Gasteiger partial charge in [-0.1, -0.05) is 6.07 Å². The van der Waals surface area contributed by atoms with Crippen molar-refractivity contribution in [3.63, 3.8) is 0 Å². The Bertz CT molecular complexity index is 1660. The van der Waals surface area contributed by atoms with E-state index in [-0.39, 0.29) is 18.6 Å². The number of hydrogen-bond donors (Lipinski definition) is 4. The fourth-order valence-corrected chi connectivity index (χ4v) is 3.55. The van der Waals surface area contributed by atoms with Crippen LogP contribution in [0.4, 0.5) is 11.6 Å². The molecule has 0 radical (unpaired) electrons. The maximum atomic E-state index is 10.1. The first kappa shape index (κ1) is 22.3. The number of pyridine rings is 1. The SMILES string of the molecule is CS(=O)(=O)O.Oc1nc(Nc2ccc3nccc(-c4ccc5c(c4)OCO5)c3c2)nc2[nH]cnc12. The van der Waals surface area contributed by atoms with Gasteiger partial charge in [0.05, 0.1) is 18.1 Å². The molecule has 0 fully saturated rings. The van der Waals surface area contributed by atoms with Crippen molar-refractivity contribution in [2.24, 2.45) is 0 Å². The van der Waals surface area contributed by atoms with Gasteiger partial charge >= 0.3 is 0 Å². The number of nitrogens with zero attached hydrogens (tertiary/aromatic N) is 4. The number of aromatic hydroxyl groups is 1. The summed E-state index contributed by atoms with van der Waals surface area (Å²) in [6.45, 7) is 0.234. The fourth-order valence-electron chi connectivity index (χ4n) is 3.55. The van der Waals surface area contributed by atoms with Crippen LogP contribution in [0.25, 0.3) is 33.2 Å². The largest absolute Gasteiger partial charge is 0.492 e. The molecule has 0 unspecified atom stereocenters. The second kappa shape index (κ2) is 8.70. The Morgan fingerprint density at radius 3 is 2.66 bits per heavy atom. The molecular formula is C22H18N6O6S. The Hall–Kier alpha value is -4.49. The highest BCUT2D eigenvalue weighted by Gasteiger charge is 2.15. The average molecular weight is 494 g/mol. The number of nitrogens with one attached hydrogen (secondary N) is 2. The molecule has 0 amide bonds. The molecule has 0 saturated carbocycles. The minimum atomic E-state index is -3.67. The van der Waals surface area contributed by atoms with Gasteiger partial charge in [-0.2, -0.15) is 18.4 Å². The maximum Gasteiger partial charge on any atom is 0.261 e. The molecule has 178 valence electrons. The van der Waals surface area contributed by atoms with E-state index in [2.05, 4.69) is 30.2 Å². The molecule has 35 heavy (non-hydrogen) atoms. The zero-order valence-corrected chi connectivity index (χ0v) is 18.9. The molecule has 0 spiro atoms. The lowest BCUT2D eigenvalue weighted by Gasteiger charge is -2.10. The van der Waals surface area contributed by atoms with Crippen LogP contribution in [0.3, 0.4) is 0 Å². The van der Waals surface area contributed by atoms with Gasteiger partial charge in [-0.05, 0) is 47.5 Å². The van der Waals surface area contributed by atoms with E-state index < -0.39 is 10.1 Å². The number of H-pyrrole nitrogens is 1. The summed E-state index contributed by atoms with van der Waals surface area (Å²) in [4.78, 5) is 19.8. The van der Waals surface area contributed by atoms with Crippen LogP contribution in [0.15, 0.2) is 55.0 Å². The van der Waals surface area contributed by atoms with Gasteiger partial charge in [0.2, 0.25) is 18.6 Å². The minimum absolute atomic E-state index is 0.188. The molecule has 13 heteroatoms. The number of benzene rings is 2. The van der Waals surface area contributed by atoms with Gasteiger partial charge in [0.15, 0.2) is 22.7 Å². The molecule has 2 aromatic carbocycles. The number of rotatable bonds is 3. The van der Waals surface area contributed by atoms with Gasteiger partial charge in [0.1, 0.15) is 0 Å². The summed E-state index contributed by atoms with van der Waals surface area (Å²) < 4.78 is 36.8. The third-order valence-corrected chi connectivity index (χ3v) is 4.94. The number of aromatic amines is 1. The molecule has 0 atom stereocenters. The van der Waals surface area contributed by atoms with E-state index in [1.54, 1.807) is 6.20 Å². The third kappa shape index (κ3) is 4.90. The maximum absolute atomic E-state index is 10.1. The van der Waals surface area contributed by atoms with Crippen molar-refractivity contribution in [3.05, 3.63) is 55.0 Å². The summed E-state index contributed by atoms with van der Waals surface area (Å²) in [5.74, 6) is 1.54. The summed E-state index contributed by atoms with van der Waals surface area (Å²) in [5, 5.41) is 14.1. The van der Waals surface area contributed by atoms with Crippen molar-refractivity contribution in [2.75, 3.05) is 18.4 Å². The van der Waals surface area contributed by atoms with E-state index in [1.807, 2.05) is 42.5 Å². The van der Waals surface area contributed by atoms with Gasteiger partial charge in [0, 0.05) is 17.3 Å². The number of aromatic nitrogens is 5. The molecule has 0 aliphatic carbocycles. The second-order valence-electron chi connectivity index (χ2n) is 7.49. The summed E-state index contributed by atoms with van der Waals surface area (Å²) in [5.41, 5.74) is 4.40. The molecule has 6 rings (SSSR count). The zero-order chi connectivity index (χ0) is 24.6. The fraction of sp³-hybridized carbons (Fsp3) is 0.0909. The number of ether oxygens (including phenoxy) is 2. The first-order valence-electron chi connectivity index (χ1n) is 10.1. The normalized spacial score (nSPS) is 12.4. The van der Waals surface area contributed by atoms with E-state index in [1.165, 1.54) is 6.33 Å². The van der Waals surface area contributed by atoms with Crippen LogP contribution in [0.5, 0.6) is 17.4 Å². The van der Waals surface area contributed by atoms with E-state index in [0.29, 0.717) is 17.4 Å². The lowest BCUT2D eigenvalue weighted by Crippen LogP contribution is -1.98. The number of imidazole rings is 1. The van der Waals surface area contributed by atoms with Crippen LogP contribution in [-0.2, 0) is 10.1 Å². The smallest absolute Gasteiger partial charge is 0.261 e. The minimum Gasteiger partial charge on any atom is -0.492 e. The van der Waals surface area contributed by atoms with Crippen molar-refractivity contribution in [1.29, 1.82) is 0 Å². The summed E-state index contributed by atoms with van der Waals surface area (Å²) in [7, 11) is -3.67. The number of fused-ring (bicyclic) bond motifs is 3. The van der Waals surface area contributed by atoms with Crippen LogP contribution < -0.4 is 14.8 Å². The van der Waals surface area contributed by atoms with Gasteiger partial charge in [-0.25, -0.2) is 4.98 Å². The predicted octanol–water partition coefficient (Wildman–Crippen LogP) is 3.25. The van der Waals surface area contributed by atoms with Crippen LogP contribution in [0.2, 0.25) is 0 Å². The Morgan fingerprint density at radius 1 is 1.03 bits per heavy atom. The molecular weight excluding hydrogens is 476 g/mol. The lowest BCUT2D eigenvalue weighted by atomic mass is 10.0. The average Bonchev–Trinajstić information content (AvgIpc) is 3.46. The molecule has 3 aromatic heterocycles. The summed E-state index contributed by atoms with van der Waals surface area (Å²) in [6, 6.07) is 13.6. The zero-order valence-electron chi connectivity index (χ0n) is 18.1. The molecule has 4 heterocycles. The lowest BCUT2D eigenvalue weighted by molar-refractivity contribution is 0.174. The molecule has 0 saturated heterocycles. The highest BCUT2D eigenvalue weighted by atomic mass is 32.2. The molecule has 4 N–H and O–H groups in total. The predicted molar refractivity (Wildman–Crippen MR) is 127 cm³/mol. The van der Waals surface area contributed by atoms with Crippen LogP contribution in [0.1, 0.15) is 0 Å². The Kier molecular flexibility index (Phi) is 5.55. The molecule has 1 aliphatic rings. The summed E-state index contributed by atoms with van der Waals surface area (Å²) in [6.07, 6.45) is 3.96. The highest BCUT2D eigenvalue weighted by Crippen LogP contribution is 2.38. The summed E-state index contributed by atoms with van der Waals surface area (Å²) >= 11 is 0. The van der Waals surface area contributed by atoms with Crippen molar-refractivity contribution in [3.8, 4) is 28.5 Å². The molecule has 0 bridgehead atoms. The van der Waals surface area contributed by atoms with Crippen LogP contribution in [0, 0.1) is 0 Å². The van der Waals surface area contributed by atoms with Crippen LogP contribution >= 0.6 is 0 Å². The Morgan fingerprint density at radius 2 is 1.83 bits per heavy atom.